The monoisotopic (exact) mass is 548 g/mol. The Labute approximate surface area is 227 Å². The lowest BCUT2D eigenvalue weighted by Gasteiger charge is -2.20. The van der Waals surface area contributed by atoms with Gasteiger partial charge in [0.15, 0.2) is 17.3 Å². The molecule has 0 aliphatic heterocycles. The minimum Gasteiger partial charge on any atom is -0.479 e. The van der Waals surface area contributed by atoms with E-state index in [1.165, 1.54) is 44.2 Å². The molecule has 4 rings (SSSR count). The molecular formula is C21H20B3FN8O5S. The number of aromatic nitrogens is 7. The van der Waals surface area contributed by atoms with Crippen LogP contribution in [0.1, 0.15) is 31.4 Å². The van der Waals surface area contributed by atoms with Crippen molar-refractivity contribution in [3.63, 3.8) is 0 Å². The van der Waals surface area contributed by atoms with Crippen LogP contribution in [0.3, 0.4) is 0 Å². The molecule has 0 fully saturated rings. The summed E-state index contributed by atoms with van der Waals surface area (Å²) in [5, 5.41) is 5.23. The summed E-state index contributed by atoms with van der Waals surface area (Å²) in [6.45, 7) is 3.03. The number of methoxy groups -OCH3 is 2. The minimum absolute atomic E-state index is 0.00192. The maximum atomic E-state index is 13.5. The third-order valence-electron chi connectivity index (χ3n) is 5.76. The number of anilines is 1. The van der Waals surface area contributed by atoms with E-state index in [1.54, 1.807) is 6.92 Å². The van der Waals surface area contributed by atoms with E-state index in [0.29, 0.717) is 0 Å². The molecule has 0 saturated carbocycles. The molecule has 0 saturated heterocycles. The standard InChI is InChI=1S/C21H20B3FN8O5S/c1-10(16-26-7-12(25)8-27-16)11(2)39(34,35)32-20-31-30-17(13-5-6-14(38-13)21(22,23)24)33(20)15-18(36-3)28-9-29-19(15)37-4/h5-11H,1-4H3,(H,31,32)/t10-,11-/m0/s1. The predicted molar refractivity (Wildman–Crippen MR) is 139 cm³/mol. The van der Waals surface area contributed by atoms with Crippen molar-refractivity contribution < 1.29 is 26.7 Å². The van der Waals surface area contributed by atoms with Crippen LogP contribution < -0.4 is 14.2 Å². The van der Waals surface area contributed by atoms with Gasteiger partial charge in [-0.3, -0.25) is 4.72 Å². The maximum absolute atomic E-state index is 13.5. The van der Waals surface area contributed by atoms with Crippen LogP contribution in [0.15, 0.2) is 35.3 Å². The van der Waals surface area contributed by atoms with Crippen LogP contribution >= 0.6 is 0 Å². The van der Waals surface area contributed by atoms with Crippen molar-refractivity contribution in [3.8, 4) is 29.0 Å². The topological polar surface area (TPSA) is 160 Å². The SMILES string of the molecule is [B]C([B])([B])c1ccc(-c2nnc(NS(=O)(=O)[C@@H](C)[C@H](C)c3ncc(F)cn3)n2-c2c(OC)ncnc2OC)o1. The van der Waals surface area contributed by atoms with Gasteiger partial charge in [-0.1, -0.05) is 12.0 Å². The number of furan rings is 1. The van der Waals surface area contributed by atoms with Crippen LogP contribution in [0.25, 0.3) is 17.3 Å². The van der Waals surface area contributed by atoms with Gasteiger partial charge >= 0.3 is 0 Å². The molecule has 0 amide bonds. The third kappa shape index (κ3) is 5.60. The van der Waals surface area contributed by atoms with E-state index in [-0.39, 0.29) is 46.6 Å². The van der Waals surface area contributed by atoms with Crippen molar-refractivity contribution in [2.45, 2.75) is 30.1 Å². The molecule has 0 unspecified atom stereocenters. The summed E-state index contributed by atoms with van der Waals surface area (Å²) < 4.78 is 60.3. The average Bonchev–Trinajstić information content (AvgIpc) is 3.55. The van der Waals surface area contributed by atoms with E-state index in [9.17, 15) is 12.8 Å². The first kappa shape index (κ1) is 28.1. The third-order valence-corrected chi connectivity index (χ3v) is 7.61. The second-order valence-corrected chi connectivity index (χ2v) is 10.5. The highest BCUT2D eigenvalue weighted by molar-refractivity contribution is 7.93. The Morgan fingerprint density at radius 3 is 2.18 bits per heavy atom. The highest BCUT2D eigenvalue weighted by atomic mass is 32.2. The smallest absolute Gasteiger partial charge is 0.245 e. The van der Waals surface area contributed by atoms with Crippen molar-refractivity contribution in [3.05, 3.63) is 48.3 Å². The van der Waals surface area contributed by atoms with E-state index in [2.05, 4.69) is 34.9 Å². The first-order valence-corrected chi connectivity index (χ1v) is 12.8. The van der Waals surface area contributed by atoms with E-state index in [4.69, 9.17) is 37.4 Å². The molecule has 18 heteroatoms. The summed E-state index contributed by atoms with van der Waals surface area (Å²) in [4.78, 5) is 16.0. The van der Waals surface area contributed by atoms with Gasteiger partial charge in [0.1, 0.15) is 12.2 Å². The normalized spacial score (nSPS) is 13.6. The fraction of sp³-hybridized carbons (Fsp3) is 0.333. The van der Waals surface area contributed by atoms with Gasteiger partial charge in [-0.2, -0.15) is 9.97 Å². The molecule has 0 aromatic carbocycles. The van der Waals surface area contributed by atoms with E-state index < -0.39 is 32.1 Å². The van der Waals surface area contributed by atoms with Gasteiger partial charge in [0.25, 0.3) is 0 Å². The average molecular weight is 548 g/mol. The first-order valence-electron chi connectivity index (χ1n) is 11.2. The molecule has 1 N–H and O–H groups in total. The highest BCUT2D eigenvalue weighted by Gasteiger charge is 2.33. The van der Waals surface area contributed by atoms with Crippen LogP contribution in [0.5, 0.6) is 11.8 Å². The van der Waals surface area contributed by atoms with Gasteiger partial charge < -0.3 is 13.9 Å². The minimum atomic E-state index is -4.19. The lowest BCUT2D eigenvalue weighted by molar-refractivity contribution is 0.368. The molecule has 2 atom stereocenters. The zero-order chi connectivity index (χ0) is 28.5. The Morgan fingerprint density at radius 2 is 1.64 bits per heavy atom. The van der Waals surface area contributed by atoms with E-state index in [1.807, 2.05) is 0 Å². The van der Waals surface area contributed by atoms with Crippen molar-refractivity contribution in [2.75, 3.05) is 18.9 Å². The van der Waals surface area contributed by atoms with Crippen LogP contribution in [0, 0.1) is 5.82 Å². The van der Waals surface area contributed by atoms with Gasteiger partial charge in [0.05, 0.1) is 61.2 Å². The van der Waals surface area contributed by atoms with Crippen LogP contribution in [-0.4, -0.2) is 86.1 Å². The number of ether oxygens (including phenoxy) is 2. The van der Waals surface area contributed by atoms with Crippen LogP contribution in [0.2, 0.25) is 0 Å². The molecule has 4 aromatic rings. The number of nitrogens with zero attached hydrogens (tertiary/aromatic N) is 7. The van der Waals surface area contributed by atoms with Crippen molar-refractivity contribution in [1.29, 1.82) is 0 Å². The molecule has 196 valence electrons. The predicted octanol–water partition coefficient (Wildman–Crippen LogP) is 0.813. The molecule has 4 heterocycles. The van der Waals surface area contributed by atoms with Crippen molar-refractivity contribution in [2.24, 2.45) is 0 Å². The molecule has 6 radical (unpaired) electrons. The molecule has 13 nitrogen and oxygen atoms in total. The molecule has 0 spiro atoms. The van der Waals surface area contributed by atoms with Gasteiger partial charge in [-0.15, -0.1) is 10.2 Å². The van der Waals surface area contributed by atoms with Crippen molar-refractivity contribution in [1.82, 2.24) is 34.7 Å². The van der Waals surface area contributed by atoms with Gasteiger partial charge in [0, 0.05) is 5.92 Å². The maximum Gasteiger partial charge on any atom is 0.245 e. The van der Waals surface area contributed by atoms with Crippen LogP contribution in [-0.2, 0) is 15.1 Å². The van der Waals surface area contributed by atoms with Crippen molar-refractivity contribution >= 4 is 39.5 Å². The number of nitrogens with one attached hydrogen (secondary N) is 1. The molecular weight excluding hydrogens is 528 g/mol. The fourth-order valence-electron chi connectivity index (χ4n) is 3.51. The Bertz CT molecular complexity index is 1550. The largest absolute Gasteiger partial charge is 0.479 e. The first-order chi connectivity index (χ1) is 18.4. The number of hydrogen-bond donors (Lipinski definition) is 1. The summed E-state index contributed by atoms with van der Waals surface area (Å²) in [6.07, 6.45) is 3.11. The molecule has 0 aliphatic rings. The second-order valence-electron chi connectivity index (χ2n) is 8.42. The lowest BCUT2D eigenvalue weighted by atomic mass is 9.42. The highest BCUT2D eigenvalue weighted by Crippen LogP contribution is 2.36. The summed E-state index contributed by atoms with van der Waals surface area (Å²) in [5.74, 6) is -1.46. The summed E-state index contributed by atoms with van der Waals surface area (Å²) in [7, 11) is 15.7. The number of hydrogen-bond acceptors (Lipinski definition) is 11. The Hall–Kier alpha value is -3.95. The summed E-state index contributed by atoms with van der Waals surface area (Å²) in [5.41, 5.74) is 0.0558. The quantitative estimate of drug-likeness (QED) is 0.280. The second kappa shape index (κ2) is 10.7. The van der Waals surface area contributed by atoms with Crippen LogP contribution in [0.4, 0.5) is 10.3 Å². The zero-order valence-corrected chi connectivity index (χ0v) is 22.0. The Morgan fingerprint density at radius 1 is 1.03 bits per heavy atom. The van der Waals surface area contributed by atoms with E-state index >= 15 is 0 Å². The zero-order valence-electron chi connectivity index (χ0n) is 21.2. The number of halogens is 1. The molecule has 4 aromatic heterocycles. The van der Waals surface area contributed by atoms with E-state index in [0.717, 1.165) is 12.4 Å². The molecule has 0 aliphatic carbocycles. The Kier molecular flexibility index (Phi) is 7.68. The molecule has 39 heavy (non-hydrogen) atoms. The number of sulfonamides is 1. The summed E-state index contributed by atoms with van der Waals surface area (Å²) in [6, 6.07) is 2.90. The van der Waals surface area contributed by atoms with Gasteiger partial charge in [0.2, 0.25) is 33.6 Å². The fourth-order valence-corrected chi connectivity index (χ4v) is 4.74. The Balaban J connectivity index is 1.84. The number of rotatable bonds is 10. The molecule has 0 bridgehead atoms. The lowest BCUT2D eigenvalue weighted by Crippen LogP contribution is -2.31. The van der Waals surface area contributed by atoms with Gasteiger partial charge in [-0.25, -0.2) is 27.3 Å². The van der Waals surface area contributed by atoms with Gasteiger partial charge in [-0.05, 0) is 19.1 Å². The summed E-state index contributed by atoms with van der Waals surface area (Å²) >= 11 is 0.